The molecule has 0 unspecified atom stereocenters. The molecule has 1 amide bonds. The molecule has 1 atom stereocenters. The normalized spacial score (nSPS) is 17.6. The fourth-order valence-corrected chi connectivity index (χ4v) is 1.85. The largest absolute Gasteiger partial charge is 0.399 e. The fourth-order valence-electron chi connectivity index (χ4n) is 1.85. The van der Waals surface area contributed by atoms with Crippen LogP contribution in [-0.2, 0) is 4.79 Å². The zero-order valence-electron chi connectivity index (χ0n) is 10.2. The molecule has 0 saturated heterocycles. The zero-order valence-corrected chi connectivity index (χ0v) is 10.2. The van der Waals surface area contributed by atoms with Gasteiger partial charge in [-0.05, 0) is 18.2 Å². The first-order chi connectivity index (χ1) is 8.06. The molecular formula is C12H18N4O. The molecule has 1 heterocycles. The lowest BCUT2D eigenvalue weighted by atomic mass is 10.1. The maximum Gasteiger partial charge on any atom is 0.224 e. The molecule has 5 heteroatoms. The number of benzene rings is 1. The van der Waals surface area contributed by atoms with Gasteiger partial charge in [-0.3, -0.25) is 4.79 Å². The predicted octanol–water partition coefficient (Wildman–Crippen LogP) is 0.953. The van der Waals surface area contributed by atoms with Crippen molar-refractivity contribution in [3.63, 3.8) is 0 Å². The van der Waals surface area contributed by atoms with Crippen LogP contribution in [0.4, 0.5) is 17.1 Å². The van der Waals surface area contributed by atoms with E-state index in [1.165, 1.54) is 0 Å². The average molecular weight is 234 g/mol. The van der Waals surface area contributed by atoms with E-state index < -0.39 is 0 Å². The van der Waals surface area contributed by atoms with E-state index in [2.05, 4.69) is 10.6 Å². The Morgan fingerprint density at radius 3 is 2.94 bits per heavy atom. The summed E-state index contributed by atoms with van der Waals surface area (Å²) in [6, 6.07) is 5.81. The van der Waals surface area contributed by atoms with Gasteiger partial charge in [-0.25, -0.2) is 0 Å². The van der Waals surface area contributed by atoms with Crippen molar-refractivity contribution in [3.05, 3.63) is 18.2 Å². The fraction of sp³-hybridized carbons (Fsp3) is 0.417. The topological polar surface area (TPSA) is 70.4 Å². The predicted molar refractivity (Wildman–Crippen MR) is 70.1 cm³/mol. The number of carbonyl (C=O) groups is 1. The van der Waals surface area contributed by atoms with Crippen molar-refractivity contribution in [2.24, 2.45) is 0 Å². The van der Waals surface area contributed by atoms with Crippen LogP contribution in [0.15, 0.2) is 18.2 Å². The highest BCUT2D eigenvalue weighted by molar-refractivity contribution is 5.79. The number of hydrogen-bond donors (Lipinski definition) is 3. The highest BCUT2D eigenvalue weighted by atomic mass is 16.2. The molecule has 0 aromatic heterocycles. The molecule has 0 radical (unpaired) electrons. The van der Waals surface area contributed by atoms with Gasteiger partial charge < -0.3 is 21.3 Å². The lowest BCUT2D eigenvalue weighted by molar-refractivity contribution is -0.128. The number of nitrogen functional groups attached to an aromatic ring is 1. The molecule has 92 valence electrons. The van der Waals surface area contributed by atoms with Crippen LogP contribution in [0.5, 0.6) is 0 Å². The summed E-state index contributed by atoms with van der Waals surface area (Å²) in [5.74, 6) is 0.128. The highest BCUT2D eigenvalue weighted by Gasteiger charge is 2.20. The number of rotatable bonds is 2. The Morgan fingerprint density at radius 2 is 2.24 bits per heavy atom. The third-order valence-electron chi connectivity index (χ3n) is 2.86. The summed E-state index contributed by atoms with van der Waals surface area (Å²) in [6.45, 7) is 0.732. The van der Waals surface area contributed by atoms with Crippen LogP contribution < -0.4 is 16.4 Å². The lowest BCUT2D eigenvalue weighted by Gasteiger charge is -2.29. The number of nitrogens with one attached hydrogen (secondary N) is 2. The van der Waals surface area contributed by atoms with Crippen molar-refractivity contribution in [1.29, 1.82) is 0 Å². The van der Waals surface area contributed by atoms with E-state index in [0.717, 1.165) is 23.6 Å². The van der Waals surface area contributed by atoms with Gasteiger partial charge in [0.05, 0.1) is 17.4 Å². The molecule has 0 saturated carbocycles. The van der Waals surface area contributed by atoms with Crippen LogP contribution in [0, 0.1) is 0 Å². The summed E-state index contributed by atoms with van der Waals surface area (Å²) in [6.07, 6.45) is 0.490. The maximum absolute atomic E-state index is 11.6. The zero-order chi connectivity index (χ0) is 12.4. The van der Waals surface area contributed by atoms with E-state index in [4.69, 9.17) is 5.73 Å². The third kappa shape index (κ3) is 2.61. The molecular weight excluding hydrogens is 216 g/mol. The third-order valence-corrected chi connectivity index (χ3v) is 2.86. The number of fused-ring (bicyclic) bond motifs is 1. The van der Waals surface area contributed by atoms with Crippen molar-refractivity contribution >= 4 is 23.0 Å². The summed E-state index contributed by atoms with van der Waals surface area (Å²) in [5.41, 5.74) is 8.45. The van der Waals surface area contributed by atoms with E-state index in [1.807, 2.05) is 18.2 Å². The Bertz CT molecular complexity index is 431. The molecule has 4 N–H and O–H groups in total. The molecule has 5 nitrogen and oxygen atoms in total. The van der Waals surface area contributed by atoms with Crippen LogP contribution in [0.1, 0.15) is 6.42 Å². The SMILES string of the molecule is CN(C)C(=O)C[C@H]1CNc2cc(N)ccc2N1. The summed E-state index contributed by atoms with van der Waals surface area (Å²) in [7, 11) is 3.54. The van der Waals surface area contributed by atoms with Gasteiger partial charge in [0.25, 0.3) is 0 Å². The van der Waals surface area contributed by atoms with Gasteiger partial charge in [-0.1, -0.05) is 0 Å². The minimum Gasteiger partial charge on any atom is -0.399 e. The molecule has 2 rings (SSSR count). The standard InChI is InChI=1S/C12H18N4O/c1-16(2)12(17)6-9-7-14-11-5-8(13)3-4-10(11)15-9/h3-5,9,14-15H,6-7,13H2,1-2H3/t9-/m0/s1. The number of amides is 1. The summed E-state index contributed by atoms with van der Waals surface area (Å²) in [5, 5.41) is 6.63. The summed E-state index contributed by atoms with van der Waals surface area (Å²) in [4.78, 5) is 13.2. The second kappa shape index (κ2) is 4.53. The number of carbonyl (C=O) groups excluding carboxylic acids is 1. The molecule has 0 fully saturated rings. The molecule has 0 aliphatic carbocycles. The summed E-state index contributed by atoms with van der Waals surface area (Å²) < 4.78 is 0. The maximum atomic E-state index is 11.6. The minimum atomic E-state index is 0.126. The van der Waals surface area contributed by atoms with Gasteiger partial charge in [-0.2, -0.15) is 0 Å². The van der Waals surface area contributed by atoms with E-state index >= 15 is 0 Å². The van der Waals surface area contributed by atoms with E-state index in [-0.39, 0.29) is 11.9 Å². The van der Waals surface area contributed by atoms with Crippen molar-refractivity contribution in [2.45, 2.75) is 12.5 Å². The van der Waals surface area contributed by atoms with E-state index in [9.17, 15) is 4.79 Å². The number of nitrogens with zero attached hydrogens (tertiary/aromatic N) is 1. The molecule has 1 aliphatic heterocycles. The van der Waals surface area contributed by atoms with Crippen molar-refractivity contribution in [2.75, 3.05) is 37.0 Å². The second-order valence-electron chi connectivity index (χ2n) is 4.52. The smallest absolute Gasteiger partial charge is 0.224 e. The Balaban J connectivity index is 2.04. The van der Waals surface area contributed by atoms with Gasteiger partial charge in [0.1, 0.15) is 0 Å². The van der Waals surface area contributed by atoms with Gasteiger partial charge in [0, 0.05) is 32.7 Å². The minimum absolute atomic E-state index is 0.126. The van der Waals surface area contributed by atoms with Crippen LogP contribution in [0.2, 0.25) is 0 Å². The Kier molecular flexibility index (Phi) is 3.08. The van der Waals surface area contributed by atoms with Gasteiger partial charge in [-0.15, -0.1) is 0 Å². The molecule has 1 aromatic carbocycles. The first kappa shape index (κ1) is 11.6. The van der Waals surface area contributed by atoms with Crippen molar-refractivity contribution < 1.29 is 4.79 Å². The molecule has 0 spiro atoms. The Morgan fingerprint density at radius 1 is 1.47 bits per heavy atom. The average Bonchev–Trinajstić information content (AvgIpc) is 2.29. The van der Waals surface area contributed by atoms with E-state index in [0.29, 0.717) is 6.42 Å². The molecule has 0 bridgehead atoms. The van der Waals surface area contributed by atoms with Crippen LogP contribution in [0.3, 0.4) is 0 Å². The monoisotopic (exact) mass is 234 g/mol. The van der Waals surface area contributed by atoms with Crippen LogP contribution >= 0.6 is 0 Å². The second-order valence-corrected chi connectivity index (χ2v) is 4.52. The molecule has 1 aliphatic rings. The Labute approximate surface area is 101 Å². The van der Waals surface area contributed by atoms with E-state index in [1.54, 1.807) is 19.0 Å². The number of nitrogens with two attached hydrogens (primary N) is 1. The molecule has 17 heavy (non-hydrogen) atoms. The summed E-state index contributed by atoms with van der Waals surface area (Å²) >= 11 is 0. The number of anilines is 3. The van der Waals surface area contributed by atoms with Gasteiger partial charge in [0.2, 0.25) is 5.91 Å². The van der Waals surface area contributed by atoms with Crippen molar-refractivity contribution in [1.82, 2.24) is 4.90 Å². The van der Waals surface area contributed by atoms with Gasteiger partial charge in [0.15, 0.2) is 0 Å². The van der Waals surface area contributed by atoms with Crippen LogP contribution in [0.25, 0.3) is 0 Å². The van der Waals surface area contributed by atoms with Crippen LogP contribution in [-0.4, -0.2) is 37.5 Å². The first-order valence-electron chi connectivity index (χ1n) is 5.66. The Hall–Kier alpha value is -1.91. The number of hydrogen-bond acceptors (Lipinski definition) is 4. The lowest BCUT2D eigenvalue weighted by Crippen LogP contribution is -2.37. The quantitative estimate of drug-likeness (QED) is 0.666. The highest BCUT2D eigenvalue weighted by Crippen LogP contribution is 2.28. The first-order valence-corrected chi connectivity index (χ1v) is 5.66. The van der Waals surface area contributed by atoms with Gasteiger partial charge >= 0.3 is 0 Å². The molecule has 1 aromatic rings. The van der Waals surface area contributed by atoms with Crippen molar-refractivity contribution in [3.8, 4) is 0 Å².